The highest BCUT2D eigenvalue weighted by Gasteiger charge is 2.21. The van der Waals surface area contributed by atoms with Gasteiger partial charge in [-0.1, -0.05) is 35.5 Å². The summed E-state index contributed by atoms with van der Waals surface area (Å²) in [5, 5.41) is 6.91. The molecule has 1 amide bonds. The number of hydrogen-bond donors (Lipinski definition) is 1. The van der Waals surface area contributed by atoms with Gasteiger partial charge in [0.05, 0.1) is 5.69 Å². The van der Waals surface area contributed by atoms with E-state index in [0.717, 1.165) is 30.0 Å². The fourth-order valence-corrected chi connectivity index (χ4v) is 2.96. The van der Waals surface area contributed by atoms with Gasteiger partial charge in [-0.3, -0.25) is 4.79 Å². The summed E-state index contributed by atoms with van der Waals surface area (Å²) in [6.07, 6.45) is 0. The van der Waals surface area contributed by atoms with Crippen LogP contribution in [0.4, 0.5) is 11.4 Å². The van der Waals surface area contributed by atoms with Crippen molar-refractivity contribution >= 4 is 17.3 Å². The largest absolute Gasteiger partial charge is 0.372 e. The van der Waals surface area contributed by atoms with Crippen LogP contribution in [0, 0.1) is 6.92 Å². The first-order chi connectivity index (χ1) is 12.6. The van der Waals surface area contributed by atoms with E-state index < -0.39 is 0 Å². The molecule has 0 saturated carbocycles. The summed E-state index contributed by atoms with van der Waals surface area (Å²) in [7, 11) is 0. The fraction of sp³-hybridized carbons (Fsp3) is 0.238. The van der Waals surface area contributed by atoms with Gasteiger partial charge in [0.1, 0.15) is 5.56 Å². The van der Waals surface area contributed by atoms with Crippen LogP contribution in [0.5, 0.6) is 0 Å². The number of aryl methyl sites for hydroxylation is 1. The summed E-state index contributed by atoms with van der Waals surface area (Å²) < 4.78 is 5.40. The van der Waals surface area contributed by atoms with Crippen molar-refractivity contribution in [2.45, 2.75) is 20.8 Å². The third-order valence-corrected chi connectivity index (χ3v) is 4.38. The highest BCUT2D eigenvalue weighted by molar-refractivity contribution is 6.08. The normalized spacial score (nSPS) is 10.6. The summed E-state index contributed by atoms with van der Waals surface area (Å²) in [4.78, 5) is 15.1. The highest BCUT2D eigenvalue weighted by atomic mass is 16.5. The van der Waals surface area contributed by atoms with Gasteiger partial charge in [-0.25, -0.2) is 0 Å². The number of amides is 1. The van der Waals surface area contributed by atoms with Crippen LogP contribution in [0.2, 0.25) is 0 Å². The van der Waals surface area contributed by atoms with Crippen molar-refractivity contribution in [1.82, 2.24) is 5.16 Å². The number of carbonyl (C=O) groups excluding carboxylic acids is 1. The molecular formula is C21H23N3O2. The molecule has 0 aliphatic rings. The fourth-order valence-electron chi connectivity index (χ4n) is 2.96. The predicted molar refractivity (Wildman–Crippen MR) is 105 cm³/mol. The van der Waals surface area contributed by atoms with Crippen molar-refractivity contribution in [3.8, 4) is 11.3 Å². The third kappa shape index (κ3) is 3.61. The number of carbonyl (C=O) groups is 1. The Balaban J connectivity index is 1.82. The highest BCUT2D eigenvalue weighted by Crippen LogP contribution is 2.27. The Morgan fingerprint density at radius 3 is 2.31 bits per heavy atom. The molecule has 0 bridgehead atoms. The predicted octanol–water partition coefficient (Wildman–Crippen LogP) is 4.75. The van der Waals surface area contributed by atoms with Crippen molar-refractivity contribution in [2.24, 2.45) is 0 Å². The first-order valence-corrected chi connectivity index (χ1v) is 8.82. The maximum Gasteiger partial charge on any atom is 0.261 e. The number of aromatic nitrogens is 1. The monoisotopic (exact) mass is 349 g/mol. The minimum absolute atomic E-state index is 0.224. The Labute approximate surface area is 153 Å². The van der Waals surface area contributed by atoms with Gasteiger partial charge in [0.15, 0.2) is 5.76 Å². The van der Waals surface area contributed by atoms with E-state index in [4.69, 9.17) is 4.52 Å². The molecule has 0 radical (unpaired) electrons. The lowest BCUT2D eigenvalue weighted by Gasteiger charge is -2.21. The number of rotatable bonds is 6. The number of nitrogens with zero attached hydrogens (tertiary/aromatic N) is 2. The van der Waals surface area contributed by atoms with Crippen LogP contribution in [-0.4, -0.2) is 24.2 Å². The van der Waals surface area contributed by atoms with E-state index in [2.05, 4.69) is 29.2 Å². The molecule has 2 aromatic carbocycles. The number of anilines is 2. The second-order valence-electron chi connectivity index (χ2n) is 6.01. The maximum atomic E-state index is 12.8. The molecule has 3 rings (SSSR count). The van der Waals surface area contributed by atoms with Crippen LogP contribution >= 0.6 is 0 Å². The molecule has 0 fully saturated rings. The molecule has 5 heteroatoms. The smallest absolute Gasteiger partial charge is 0.261 e. The van der Waals surface area contributed by atoms with Gasteiger partial charge >= 0.3 is 0 Å². The van der Waals surface area contributed by atoms with Crippen LogP contribution in [-0.2, 0) is 0 Å². The van der Waals surface area contributed by atoms with Gasteiger partial charge < -0.3 is 14.7 Å². The molecule has 134 valence electrons. The van der Waals surface area contributed by atoms with Crippen molar-refractivity contribution in [3.63, 3.8) is 0 Å². The minimum Gasteiger partial charge on any atom is -0.372 e. The van der Waals surface area contributed by atoms with Crippen LogP contribution < -0.4 is 10.2 Å². The van der Waals surface area contributed by atoms with E-state index in [1.54, 1.807) is 6.92 Å². The van der Waals surface area contributed by atoms with Crippen LogP contribution in [0.3, 0.4) is 0 Å². The maximum absolute atomic E-state index is 12.8. The second kappa shape index (κ2) is 7.87. The molecule has 5 nitrogen and oxygen atoms in total. The number of benzene rings is 2. The molecule has 1 N–H and O–H groups in total. The summed E-state index contributed by atoms with van der Waals surface area (Å²) >= 11 is 0. The Bertz CT molecular complexity index is 866. The molecule has 0 unspecified atom stereocenters. The average molecular weight is 349 g/mol. The lowest BCUT2D eigenvalue weighted by atomic mass is 10.1. The van der Waals surface area contributed by atoms with Crippen LogP contribution in [0.25, 0.3) is 11.3 Å². The van der Waals surface area contributed by atoms with E-state index in [9.17, 15) is 4.79 Å². The van der Waals surface area contributed by atoms with Crippen molar-refractivity contribution in [2.75, 3.05) is 23.3 Å². The molecule has 0 aliphatic heterocycles. The van der Waals surface area contributed by atoms with E-state index in [1.807, 2.05) is 54.6 Å². The van der Waals surface area contributed by atoms with Gasteiger partial charge in [0.2, 0.25) is 0 Å². The summed E-state index contributed by atoms with van der Waals surface area (Å²) in [6.45, 7) is 7.91. The Morgan fingerprint density at radius 2 is 1.69 bits per heavy atom. The standard InChI is InChI=1S/C21H23N3O2/c1-4-24(5-2)18-13-11-17(12-14-18)22-21(25)19-15(3)23-26-20(19)16-9-7-6-8-10-16/h6-14H,4-5H2,1-3H3,(H,22,25). The molecule has 26 heavy (non-hydrogen) atoms. The van der Waals surface area contributed by atoms with E-state index in [-0.39, 0.29) is 5.91 Å². The second-order valence-corrected chi connectivity index (χ2v) is 6.01. The average Bonchev–Trinajstić information content (AvgIpc) is 3.06. The lowest BCUT2D eigenvalue weighted by Crippen LogP contribution is -2.21. The quantitative estimate of drug-likeness (QED) is 0.698. The summed E-state index contributed by atoms with van der Waals surface area (Å²) in [6, 6.07) is 17.4. The molecule has 1 aromatic heterocycles. The van der Waals surface area contributed by atoms with Crippen LogP contribution in [0.15, 0.2) is 59.1 Å². The molecule has 0 spiro atoms. The van der Waals surface area contributed by atoms with Crippen LogP contribution in [0.1, 0.15) is 29.9 Å². The summed E-state index contributed by atoms with van der Waals surface area (Å²) in [5.41, 5.74) is 3.74. The first-order valence-electron chi connectivity index (χ1n) is 8.82. The molecule has 0 atom stereocenters. The van der Waals surface area contributed by atoms with Crippen molar-refractivity contribution in [3.05, 3.63) is 65.9 Å². The Morgan fingerprint density at radius 1 is 1.04 bits per heavy atom. The van der Waals surface area contributed by atoms with Crippen molar-refractivity contribution in [1.29, 1.82) is 0 Å². The van der Waals surface area contributed by atoms with Gasteiger partial charge in [-0.05, 0) is 45.0 Å². The lowest BCUT2D eigenvalue weighted by molar-refractivity contribution is 0.102. The topological polar surface area (TPSA) is 58.4 Å². The van der Waals surface area contributed by atoms with E-state index >= 15 is 0 Å². The molecule has 1 heterocycles. The van der Waals surface area contributed by atoms with E-state index in [0.29, 0.717) is 17.0 Å². The van der Waals surface area contributed by atoms with Gasteiger partial charge in [0.25, 0.3) is 5.91 Å². The molecule has 3 aromatic rings. The summed E-state index contributed by atoms with van der Waals surface area (Å²) in [5.74, 6) is 0.263. The van der Waals surface area contributed by atoms with Gasteiger partial charge in [0, 0.05) is 30.0 Å². The van der Waals surface area contributed by atoms with Crippen molar-refractivity contribution < 1.29 is 9.32 Å². The number of nitrogens with one attached hydrogen (secondary N) is 1. The molecule has 0 saturated heterocycles. The third-order valence-electron chi connectivity index (χ3n) is 4.38. The zero-order valence-corrected chi connectivity index (χ0v) is 15.3. The number of hydrogen-bond acceptors (Lipinski definition) is 4. The van der Waals surface area contributed by atoms with Gasteiger partial charge in [-0.15, -0.1) is 0 Å². The Kier molecular flexibility index (Phi) is 5.37. The Hall–Kier alpha value is -3.08. The zero-order valence-electron chi connectivity index (χ0n) is 15.3. The van der Waals surface area contributed by atoms with E-state index in [1.165, 1.54) is 0 Å². The SMILES string of the molecule is CCN(CC)c1ccc(NC(=O)c2c(C)noc2-c2ccccc2)cc1. The molecular weight excluding hydrogens is 326 g/mol. The van der Waals surface area contributed by atoms with Gasteiger partial charge in [-0.2, -0.15) is 0 Å². The minimum atomic E-state index is -0.224. The first kappa shape index (κ1) is 17.7. The molecule has 0 aliphatic carbocycles. The zero-order chi connectivity index (χ0) is 18.5.